The van der Waals surface area contributed by atoms with Gasteiger partial charge in [0, 0.05) is 13.2 Å². The van der Waals surface area contributed by atoms with E-state index in [0.717, 1.165) is 6.07 Å². The highest BCUT2D eigenvalue weighted by atomic mass is 79.9. The number of methoxy groups -OCH3 is 1. The van der Waals surface area contributed by atoms with E-state index in [4.69, 9.17) is 0 Å². The Morgan fingerprint density at radius 2 is 2.13 bits per heavy atom. The minimum atomic E-state index is -0.833. The average Bonchev–Trinajstić information content (AvgIpc) is 2.14. The van der Waals surface area contributed by atoms with Crippen molar-refractivity contribution in [2.24, 2.45) is 0 Å². The monoisotopic (exact) mass is 279 g/mol. The average molecular weight is 280 g/mol. The zero-order valence-electron chi connectivity index (χ0n) is 7.81. The Labute approximate surface area is 93.5 Å². The summed E-state index contributed by atoms with van der Waals surface area (Å²) in [5.41, 5.74) is -0.0923. The molecule has 0 bridgehead atoms. The van der Waals surface area contributed by atoms with Gasteiger partial charge in [-0.15, -0.1) is 0 Å². The molecule has 1 aromatic rings. The Bertz CT molecular complexity index is 385. The van der Waals surface area contributed by atoms with Crippen molar-refractivity contribution in [1.82, 2.24) is 0 Å². The van der Waals surface area contributed by atoms with Gasteiger partial charge >= 0.3 is 0 Å². The number of carbonyl (C=O) groups is 1. The second kappa shape index (κ2) is 5.18. The van der Waals surface area contributed by atoms with Crippen LogP contribution in [0.1, 0.15) is 0 Å². The third kappa shape index (κ3) is 3.24. The molecule has 0 saturated heterocycles. The molecule has 1 N–H and O–H groups in total. The van der Waals surface area contributed by atoms with Gasteiger partial charge in [0.1, 0.15) is 18.2 Å². The molecule has 3 nitrogen and oxygen atoms in total. The van der Waals surface area contributed by atoms with Crippen molar-refractivity contribution in [3.05, 3.63) is 28.2 Å². The van der Waals surface area contributed by atoms with Crippen LogP contribution >= 0.6 is 15.9 Å². The van der Waals surface area contributed by atoms with Crippen molar-refractivity contribution in [2.75, 3.05) is 19.0 Å². The number of ether oxygens (including phenoxy) is 1. The molecule has 0 spiro atoms. The van der Waals surface area contributed by atoms with E-state index in [1.165, 1.54) is 7.11 Å². The predicted molar refractivity (Wildman–Crippen MR) is 54.6 cm³/mol. The first-order valence-corrected chi connectivity index (χ1v) is 4.77. The molecule has 0 heterocycles. The lowest BCUT2D eigenvalue weighted by molar-refractivity contribution is -0.119. The van der Waals surface area contributed by atoms with Gasteiger partial charge in [0.05, 0.1) is 10.2 Å². The Kier molecular flexibility index (Phi) is 4.16. The lowest BCUT2D eigenvalue weighted by Gasteiger charge is -2.06. The number of rotatable bonds is 3. The topological polar surface area (TPSA) is 38.3 Å². The van der Waals surface area contributed by atoms with Gasteiger partial charge in [-0.25, -0.2) is 8.78 Å². The maximum atomic E-state index is 13.1. The zero-order chi connectivity index (χ0) is 11.4. The third-order valence-corrected chi connectivity index (χ3v) is 2.17. The summed E-state index contributed by atoms with van der Waals surface area (Å²) in [4.78, 5) is 11.0. The van der Waals surface area contributed by atoms with Gasteiger partial charge in [0.2, 0.25) is 5.91 Å². The normalized spacial score (nSPS) is 10.1. The van der Waals surface area contributed by atoms with Crippen molar-refractivity contribution in [3.63, 3.8) is 0 Å². The first-order valence-electron chi connectivity index (χ1n) is 3.98. The maximum absolute atomic E-state index is 13.1. The second-order valence-electron chi connectivity index (χ2n) is 2.73. The molecular weight excluding hydrogens is 272 g/mol. The van der Waals surface area contributed by atoms with Crippen LogP contribution in [0.15, 0.2) is 16.6 Å². The van der Waals surface area contributed by atoms with E-state index < -0.39 is 17.5 Å². The van der Waals surface area contributed by atoms with Crippen LogP contribution in [-0.2, 0) is 9.53 Å². The Hall–Kier alpha value is -1.01. The number of anilines is 1. The molecule has 0 aliphatic heterocycles. The first kappa shape index (κ1) is 12.1. The van der Waals surface area contributed by atoms with E-state index >= 15 is 0 Å². The molecule has 0 fully saturated rings. The van der Waals surface area contributed by atoms with Gasteiger partial charge in [0.15, 0.2) is 0 Å². The van der Waals surface area contributed by atoms with Crippen molar-refractivity contribution in [1.29, 1.82) is 0 Å². The van der Waals surface area contributed by atoms with E-state index in [1.54, 1.807) is 0 Å². The molecule has 0 aromatic heterocycles. The number of hydrogen-bond acceptors (Lipinski definition) is 2. The van der Waals surface area contributed by atoms with Gasteiger partial charge in [-0.1, -0.05) is 0 Å². The minimum Gasteiger partial charge on any atom is -0.375 e. The van der Waals surface area contributed by atoms with Crippen molar-refractivity contribution in [3.8, 4) is 0 Å². The number of amides is 1. The van der Waals surface area contributed by atoms with E-state index in [9.17, 15) is 13.6 Å². The van der Waals surface area contributed by atoms with Crippen LogP contribution in [0.3, 0.4) is 0 Å². The summed E-state index contributed by atoms with van der Waals surface area (Å²) in [7, 11) is 1.34. The molecule has 0 atom stereocenters. The SMILES string of the molecule is COCC(=O)Nc1cc(Br)c(F)cc1F. The summed E-state index contributed by atoms with van der Waals surface area (Å²) in [6, 6.07) is 1.84. The highest BCUT2D eigenvalue weighted by Crippen LogP contribution is 2.23. The van der Waals surface area contributed by atoms with E-state index in [0.29, 0.717) is 6.07 Å². The number of hydrogen-bond donors (Lipinski definition) is 1. The van der Waals surface area contributed by atoms with Crippen LogP contribution in [0.5, 0.6) is 0 Å². The summed E-state index contributed by atoms with van der Waals surface area (Å²) in [6.07, 6.45) is 0. The fraction of sp³-hybridized carbons (Fsp3) is 0.222. The fourth-order valence-corrected chi connectivity index (χ4v) is 1.28. The first-order chi connectivity index (χ1) is 7.04. The van der Waals surface area contributed by atoms with Crippen LogP contribution in [0, 0.1) is 11.6 Å². The highest BCUT2D eigenvalue weighted by molar-refractivity contribution is 9.10. The summed E-state index contributed by atoms with van der Waals surface area (Å²) < 4.78 is 30.6. The van der Waals surface area contributed by atoms with Gasteiger partial charge in [-0.05, 0) is 22.0 Å². The lowest BCUT2D eigenvalue weighted by Crippen LogP contribution is -2.18. The molecule has 15 heavy (non-hydrogen) atoms. The Morgan fingerprint density at radius 3 is 2.73 bits per heavy atom. The van der Waals surface area contributed by atoms with Gasteiger partial charge in [0.25, 0.3) is 0 Å². The molecule has 0 aliphatic rings. The lowest BCUT2D eigenvalue weighted by atomic mass is 10.3. The largest absolute Gasteiger partial charge is 0.375 e. The zero-order valence-corrected chi connectivity index (χ0v) is 9.40. The molecule has 1 rings (SSSR count). The predicted octanol–water partition coefficient (Wildman–Crippen LogP) is 2.31. The molecule has 0 saturated carbocycles. The van der Waals surface area contributed by atoms with E-state index in [2.05, 4.69) is 26.0 Å². The van der Waals surface area contributed by atoms with E-state index in [1.807, 2.05) is 0 Å². The fourth-order valence-electron chi connectivity index (χ4n) is 0.936. The molecule has 82 valence electrons. The van der Waals surface area contributed by atoms with Crippen LogP contribution in [0.2, 0.25) is 0 Å². The van der Waals surface area contributed by atoms with Crippen molar-refractivity contribution < 1.29 is 18.3 Å². The van der Waals surface area contributed by atoms with Crippen LogP contribution in [0.4, 0.5) is 14.5 Å². The van der Waals surface area contributed by atoms with Gasteiger partial charge < -0.3 is 10.1 Å². The van der Waals surface area contributed by atoms with Crippen LogP contribution in [-0.4, -0.2) is 19.6 Å². The standard InChI is InChI=1S/C9H8BrF2NO2/c1-15-4-9(14)13-8-2-5(10)6(11)3-7(8)12/h2-3H,4H2,1H3,(H,13,14). The van der Waals surface area contributed by atoms with E-state index in [-0.39, 0.29) is 16.8 Å². The summed E-state index contributed by atoms with van der Waals surface area (Å²) >= 11 is 2.88. The number of benzene rings is 1. The van der Waals surface area contributed by atoms with Crippen LogP contribution < -0.4 is 5.32 Å². The summed E-state index contributed by atoms with van der Waals surface area (Å²) in [6.45, 7) is -0.186. The minimum absolute atomic E-state index is 0.0802. The molecule has 0 aliphatic carbocycles. The molecule has 0 radical (unpaired) electrons. The second-order valence-corrected chi connectivity index (χ2v) is 3.58. The third-order valence-electron chi connectivity index (χ3n) is 1.56. The molecular formula is C9H8BrF2NO2. The molecule has 1 amide bonds. The van der Waals surface area contributed by atoms with Crippen molar-refractivity contribution >= 4 is 27.5 Å². The summed E-state index contributed by atoms with van der Waals surface area (Å²) in [5, 5.41) is 2.24. The quantitative estimate of drug-likeness (QED) is 0.863. The smallest absolute Gasteiger partial charge is 0.250 e. The number of halogens is 3. The maximum Gasteiger partial charge on any atom is 0.250 e. The highest BCUT2D eigenvalue weighted by Gasteiger charge is 2.10. The van der Waals surface area contributed by atoms with Gasteiger partial charge in [-0.2, -0.15) is 0 Å². The molecule has 0 unspecified atom stereocenters. The van der Waals surface area contributed by atoms with Crippen molar-refractivity contribution in [2.45, 2.75) is 0 Å². The van der Waals surface area contributed by atoms with Crippen LogP contribution in [0.25, 0.3) is 0 Å². The van der Waals surface area contributed by atoms with Gasteiger partial charge in [-0.3, -0.25) is 4.79 Å². The number of carbonyl (C=O) groups excluding carboxylic acids is 1. The Morgan fingerprint density at radius 1 is 1.47 bits per heavy atom. The molecule has 1 aromatic carbocycles. The Balaban J connectivity index is 2.86. The molecule has 6 heteroatoms. The number of nitrogens with one attached hydrogen (secondary N) is 1. The summed E-state index contributed by atoms with van der Waals surface area (Å²) in [5.74, 6) is -2.06.